The Labute approximate surface area is 182 Å². The maximum Gasteiger partial charge on any atom is 0.237 e. The second-order valence-corrected chi connectivity index (χ2v) is 8.41. The van der Waals surface area contributed by atoms with Crippen molar-refractivity contribution in [3.8, 4) is 23.0 Å². The first kappa shape index (κ1) is 18.9. The van der Waals surface area contributed by atoms with E-state index in [9.17, 15) is 0 Å². The van der Waals surface area contributed by atoms with Crippen LogP contribution in [0.1, 0.15) is 39.1 Å². The van der Waals surface area contributed by atoms with Gasteiger partial charge in [0.2, 0.25) is 5.95 Å². The number of hydrogen-bond donors (Lipinski definition) is 0. The maximum absolute atomic E-state index is 4.99. The molecule has 0 saturated carbocycles. The highest BCUT2D eigenvalue weighted by atomic mass is 79.9. The van der Waals surface area contributed by atoms with Gasteiger partial charge in [-0.1, -0.05) is 35.0 Å². The van der Waals surface area contributed by atoms with E-state index in [-0.39, 0.29) is 12.1 Å². The Morgan fingerprint density at radius 2 is 2.03 bits per heavy atom. The van der Waals surface area contributed by atoms with Gasteiger partial charge in [0.25, 0.3) is 0 Å². The van der Waals surface area contributed by atoms with Crippen molar-refractivity contribution in [1.82, 2.24) is 34.3 Å². The molecule has 0 spiro atoms. The summed E-state index contributed by atoms with van der Waals surface area (Å²) in [7, 11) is 0. The Balaban J connectivity index is 1.67. The zero-order chi connectivity index (χ0) is 20.8. The van der Waals surface area contributed by atoms with Crippen LogP contribution in [-0.2, 0) is 0 Å². The van der Waals surface area contributed by atoms with Crippen LogP contribution in [0, 0.1) is 0 Å². The van der Waals surface area contributed by atoms with Crippen molar-refractivity contribution in [2.24, 2.45) is 0 Å². The molecule has 0 amide bonds. The third-order valence-corrected chi connectivity index (χ3v) is 5.82. The zero-order valence-electron chi connectivity index (χ0n) is 16.9. The van der Waals surface area contributed by atoms with Crippen molar-refractivity contribution in [3.05, 3.63) is 59.5 Å². The summed E-state index contributed by atoms with van der Waals surface area (Å²) in [6.07, 6.45) is 8.15. The summed E-state index contributed by atoms with van der Waals surface area (Å²) in [5, 5.41) is 8.51. The van der Waals surface area contributed by atoms with E-state index in [0.29, 0.717) is 5.95 Å². The van der Waals surface area contributed by atoms with E-state index in [1.807, 2.05) is 45.8 Å². The van der Waals surface area contributed by atoms with Gasteiger partial charge in [0.05, 0.1) is 12.2 Å². The van der Waals surface area contributed by atoms with E-state index in [4.69, 9.17) is 4.98 Å². The molecule has 0 fully saturated rings. The molecule has 1 aromatic carbocycles. The maximum atomic E-state index is 4.99. The smallest absolute Gasteiger partial charge is 0.237 e. The Bertz CT molecular complexity index is 1210. The molecule has 1 atom stereocenters. The van der Waals surface area contributed by atoms with Gasteiger partial charge in [-0.05, 0) is 32.4 Å². The molecule has 1 aliphatic heterocycles. The van der Waals surface area contributed by atoms with Crippen LogP contribution in [0.25, 0.3) is 23.0 Å². The first-order valence-corrected chi connectivity index (χ1v) is 10.7. The van der Waals surface area contributed by atoms with Gasteiger partial charge >= 0.3 is 0 Å². The van der Waals surface area contributed by atoms with Crippen LogP contribution in [0.2, 0.25) is 0 Å². The minimum Gasteiger partial charge on any atom is -0.342 e. The van der Waals surface area contributed by atoms with Crippen LogP contribution in [0.5, 0.6) is 0 Å². The lowest BCUT2D eigenvalue weighted by molar-refractivity contribution is 0.497. The number of imidazole rings is 1. The predicted molar refractivity (Wildman–Crippen MR) is 118 cm³/mol. The molecule has 0 radical (unpaired) electrons. The van der Waals surface area contributed by atoms with Gasteiger partial charge in [-0.3, -0.25) is 9.13 Å². The van der Waals surface area contributed by atoms with Gasteiger partial charge in [-0.2, -0.15) is 4.98 Å². The molecular weight excluding hydrogens is 444 g/mol. The second-order valence-electron chi connectivity index (χ2n) is 7.49. The highest BCUT2D eigenvalue weighted by Crippen LogP contribution is 2.39. The van der Waals surface area contributed by atoms with Crippen LogP contribution in [0.3, 0.4) is 0 Å². The zero-order valence-corrected chi connectivity index (χ0v) is 18.5. The normalized spacial score (nSPS) is 15.4. The molecular formula is C21H21BrN8. The third-order valence-electron chi connectivity index (χ3n) is 5.33. The molecule has 4 heterocycles. The second kappa shape index (κ2) is 7.32. The van der Waals surface area contributed by atoms with Crippen molar-refractivity contribution in [2.75, 3.05) is 4.90 Å². The summed E-state index contributed by atoms with van der Waals surface area (Å²) in [6, 6.07) is 8.40. The van der Waals surface area contributed by atoms with Gasteiger partial charge in [-0.15, -0.1) is 10.2 Å². The summed E-state index contributed by atoms with van der Waals surface area (Å²) in [5.41, 5.74) is 1.88. The summed E-state index contributed by atoms with van der Waals surface area (Å²) in [6.45, 7) is 6.50. The number of nitrogens with zero attached hydrogens (tertiary/aromatic N) is 8. The van der Waals surface area contributed by atoms with E-state index in [0.717, 1.165) is 39.6 Å². The van der Waals surface area contributed by atoms with Crippen molar-refractivity contribution < 1.29 is 0 Å². The van der Waals surface area contributed by atoms with Crippen LogP contribution in [-0.4, -0.2) is 40.3 Å². The minimum absolute atomic E-state index is 0.107. The molecule has 0 saturated heterocycles. The molecule has 9 heteroatoms. The average molecular weight is 465 g/mol. The van der Waals surface area contributed by atoms with Crippen LogP contribution in [0.15, 0.2) is 53.7 Å². The molecule has 5 rings (SSSR count). The highest BCUT2D eigenvalue weighted by molar-refractivity contribution is 9.10. The number of rotatable bonds is 4. The monoisotopic (exact) mass is 464 g/mol. The highest BCUT2D eigenvalue weighted by Gasteiger charge is 2.35. The Morgan fingerprint density at radius 1 is 1.17 bits per heavy atom. The fraction of sp³-hybridized carbons (Fsp3) is 0.286. The molecule has 1 aliphatic rings. The van der Waals surface area contributed by atoms with Gasteiger partial charge in [-0.25, -0.2) is 9.97 Å². The lowest BCUT2D eigenvalue weighted by atomic mass is 10.1. The molecule has 0 bridgehead atoms. The summed E-state index contributed by atoms with van der Waals surface area (Å²) >= 11 is 3.54. The fourth-order valence-corrected chi connectivity index (χ4v) is 4.45. The van der Waals surface area contributed by atoms with E-state index >= 15 is 0 Å². The Kier molecular flexibility index (Phi) is 4.62. The third kappa shape index (κ3) is 2.92. The quantitative estimate of drug-likeness (QED) is 0.446. The molecule has 30 heavy (non-hydrogen) atoms. The van der Waals surface area contributed by atoms with E-state index in [2.05, 4.69) is 61.8 Å². The van der Waals surface area contributed by atoms with Crippen LogP contribution >= 0.6 is 15.9 Å². The molecule has 8 nitrogen and oxygen atoms in total. The van der Waals surface area contributed by atoms with Gasteiger partial charge in [0.15, 0.2) is 11.6 Å². The van der Waals surface area contributed by atoms with Gasteiger partial charge in [0, 0.05) is 28.5 Å². The number of anilines is 1. The number of aromatic nitrogens is 7. The van der Waals surface area contributed by atoms with Crippen molar-refractivity contribution in [3.63, 3.8) is 0 Å². The van der Waals surface area contributed by atoms with Gasteiger partial charge in [0.1, 0.15) is 17.8 Å². The first-order valence-electron chi connectivity index (χ1n) is 9.93. The predicted octanol–water partition coefficient (Wildman–Crippen LogP) is 4.35. The molecule has 1 unspecified atom stereocenters. The van der Waals surface area contributed by atoms with Crippen molar-refractivity contribution >= 4 is 21.7 Å². The minimum atomic E-state index is 0.107. The fourth-order valence-electron chi connectivity index (χ4n) is 4.05. The van der Waals surface area contributed by atoms with Gasteiger partial charge < -0.3 is 4.90 Å². The standard InChI is InChI=1S/C21H21BrN8/c1-4-16-20-27-25-12-29(20)17-11-24-21(26-19(17)30(16)13(2)3)28-9-8-23-18(28)14-6-5-7-15(22)10-14/h5-13,16H,4H2,1-3H3. The molecule has 152 valence electrons. The molecule has 3 aromatic heterocycles. The Hall–Kier alpha value is -3.07. The Morgan fingerprint density at radius 3 is 2.80 bits per heavy atom. The van der Waals surface area contributed by atoms with Crippen molar-refractivity contribution in [2.45, 2.75) is 39.3 Å². The van der Waals surface area contributed by atoms with E-state index < -0.39 is 0 Å². The molecule has 0 N–H and O–H groups in total. The lowest BCUT2D eigenvalue weighted by Gasteiger charge is -2.39. The lowest BCUT2D eigenvalue weighted by Crippen LogP contribution is -2.40. The first-order chi connectivity index (χ1) is 14.6. The average Bonchev–Trinajstić information content (AvgIpc) is 3.42. The summed E-state index contributed by atoms with van der Waals surface area (Å²) in [5.74, 6) is 3.17. The largest absolute Gasteiger partial charge is 0.342 e. The number of hydrogen-bond acceptors (Lipinski definition) is 6. The van der Waals surface area contributed by atoms with Crippen LogP contribution in [0.4, 0.5) is 5.82 Å². The SMILES string of the molecule is CCC1c2nncn2-c2cnc(-n3ccnc3-c3cccc(Br)c3)nc2N1C(C)C. The van der Waals surface area contributed by atoms with E-state index in [1.165, 1.54) is 0 Å². The van der Waals surface area contributed by atoms with Crippen LogP contribution < -0.4 is 4.90 Å². The number of benzene rings is 1. The summed E-state index contributed by atoms with van der Waals surface area (Å²) < 4.78 is 4.91. The topological polar surface area (TPSA) is 77.5 Å². The number of fused-ring (bicyclic) bond motifs is 3. The molecule has 0 aliphatic carbocycles. The van der Waals surface area contributed by atoms with Crippen molar-refractivity contribution in [1.29, 1.82) is 0 Å². The summed E-state index contributed by atoms with van der Waals surface area (Å²) in [4.78, 5) is 16.5. The number of halogens is 1. The molecule has 4 aromatic rings. The van der Waals surface area contributed by atoms with E-state index in [1.54, 1.807) is 12.5 Å².